The molecule has 0 fully saturated rings. The second-order valence-electron chi connectivity index (χ2n) is 4.30. The van der Waals surface area contributed by atoms with Gasteiger partial charge in [-0.05, 0) is 41.0 Å². The van der Waals surface area contributed by atoms with E-state index in [-0.39, 0.29) is 16.9 Å². The molecule has 0 spiro atoms. The minimum absolute atomic E-state index is 0.104. The number of nitrogens with one attached hydrogen (secondary N) is 1. The van der Waals surface area contributed by atoms with Crippen LogP contribution in [0.5, 0.6) is 0 Å². The van der Waals surface area contributed by atoms with Crippen molar-refractivity contribution >= 4 is 27.5 Å². The molecule has 0 saturated carbocycles. The Morgan fingerprint density at radius 1 is 1.21 bits per heavy atom. The van der Waals surface area contributed by atoms with Crippen LogP contribution < -0.4 is 5.32 Å². The molecule has 2 rings (SSSR count). The third kappa shape index (κ3) is 3.35. The Morgan fingerprint density at radius 3 is 2.53 bits per heavy atom. The zero-order valence-corrected chi connectivity index (χ0v) is 12.8. The summed E-state index contributed by atoms with van der Waals surface area (Å²) in [6, 6.07) is 13.4. The highest BCUT2D eigenvalue weighted by molar-refractivity contribution is 9.10. The lowest BCUT2D eigenvalue weighted by Gasteiger charge is -2.18. The molecule has 0 amide bonds. The van der Waals surface area contributed by atoms with Crippen LogP contribution >= 0.6 is 27.5 Å². The molecule has 19 heavy (non-hydrogen) atoms. The van der Waals surface area contributed by atoms with Crippen molar-refractivity contribution in [1.82, 2.24) is 5.32 Å². The summed E-state index contributed by atoms with van der Waals surface area (Å²) in [5, 5.41) is 3.27. The SMILES string of the molecule is CNC(Cc1ccccc1)c1ccc(Br)c(Cl)c1F. The standard InChI is InChI=1S/C15H14BrClFN/c1-19-13(9-10-5-3-2-4-6-10)11-7-8-12(16)14(17)15(11)18/h2-8,13,19H,9H2,1H3. The van der Waals surface area contributed by atoms with E-state index in [0.29, 0.717) is 16.5 Å². The maximum Gasteiger partial charge on any atom is 0.147 e. The van der Waals surface area contributed by atoms with Crippen LogP contribution in [-0.2, 0) is 6.42 Å². The molecule has 0 aliphatic carbocycles. The number of halogens is 3. The summed E-state index contributed by atoms with van der Waals surface area (Å²) in [6.45, 7) is 0. The van der Waals surface area contributed by atoms with Crippen molar-refractivity contribution in [2.24, 2.45) is 0 Å². The third-order valence-corrected chi connectivity index (χ3v) is 4.33. The van der Waals surface area contributed by atoms with Gasteiger partial charge in [0.05, 0.1) is 5.02 Å². The molecule has 0 heterocycles. The lowest BCUT2D eigenvalue weighted by atomic mass is 9.98. The first kappa shape index (κ1) is 14.5. The van der Waals surface area contributed by atoms with E-state index in [1.165, 1.54) is 0 Å². The van der Waals surface area contributed by atoms with Gasteiger partial charge >= 0.3 is 0 Å². The molecule has 2 aromatic rings. The number of rotatable bonds is 4. The minimum atomic E-state index is -0.369. The summed E-state index contributed by atoms with van der Waals surface area (Å²) >= 11 is 9.16. The Hall–Kier alpha value is -0.900. The van der Waals surface area contributed by atoms with Gasteiger partial charge in [-0.3, -0.25) is 0 Å². The Morgan fingerprint density at radius 2 is 1.89 bits per heavy atom. The van der Waals surface area contributed by atoms with Gasteiger partial charge in [0.15, 0.2) is 0 Å². The van der Waals surface area contributed by atoms with E-state index in [4.69, 9.17) is 11.6 Å². The van der Waals surface area contributed by atoms with Crippen LogP contribution in [0.3, 0.4) is 0 Å². The van der Waals surface area contributed by atoms with Crippen LogP contribution in [0.1, 0.15) is 17.2 Å². The topological polar surface area (TPSA) is 12.0 Å². The lowest BCUT2D eigenvalue weighted by Crippen LogP contribution is -2.20. The molecule has 0 bridgehead atoms. The molecule has 4 heteroatoms. The van der Waals surface area contributed by atoms with Crippen molar-refractivity contribution in [2.75, 3.05) is 7.05 Å². The molecular weight excluding hydrogens is 329 g/mol. The zero-order chi connectivity index (χ0) is 13.8. The van der Waals surface area contributed by atoms with Gasteiger partial charge in [-0.1, -0.05) is 48.0 Å². The molecule has 1 N–H and O–H groups in total. The van der Waals surface area contributed by atoms with Gasteiger partial charge < -0.3 is 5.32 Å². The fourth-order valence-electron chi connectivity index (χ4n) is 2.03. The second-order valence-corrected chi connectivity index (χ2v) is 5.53. The fraction of sp³-hybridized carbons (Fsp3) is 0.200. The summed E-state index contributed by atoms with van der Waals surface area (Å²) in [6.07, 6.45) is 0.715. The molecule has 100 valence electrons. The number of likely N-dealkylation sites (N-methyl/N-ethyl adjacent to an activating group) is 1. The van der Waals surface area contributed by atoms with Crippen LogP contribution in [-0.4, -0.2) is 7.05 Å². The maximum absolute atomic E-state index is 14.2. The fourth-order valence-corrected chi connectivity index (χ4v) is 2.51. The summed E-state index contributed by atoms with van der Waals surface area (Å²) < 4.78 is 14.8. The maximum atomic E-state index is 14.2. The monoisotopic (exact) mass is 341 g/mol. The Bertz CT molecular complexity index is 560. The highest BCUT2D eigenvalue weighted by atomic mass is 79.9. The van der Waals surface area contributed by atoms with Crippen molar-refractivity contribution in [3.63, 3.8) is 0 Å². The highest BCUT2D eigenvalue weighted by Crippen LogP contribution is 2.31. The predicted octanol–water partition coefficient (Wildman–Crippen LogP) is 4.74. The first-order chi connectivity index (χ1) is 9.13. The van der Waals surface area contributed by atoms with E-state index >= 15 is 0 Å². The minimum Gasteiger partial charge on any atom is -0.313 e. The Balaban J connectivity index is 2.30. The van der Waals surface area contributed by atoms with Gasteiger partial charge in [-0.15, -0.1) is 0 Å². The van der Waals surface area contributed by atoms with E-state index in [1.807, 2.05) is 37.4 Å². The molecule has 1 nitrogen and oxygen atoms in total. The molecule has 0 aromatic heterocycles. The summed E-state index contributed by atoms with van der Waals surface area (Å²) in [7, 11) is 1.82. The van der Waals surface area contributed by atoms with Crippen molar-refractivity contribution in [1.29, 1.82) is 0 Å². The van der Waals surface area contributed by atoms with E-state index in [2.05, 4.69) is 21.2 Å². The molecular formula is C15H14BrClFN. The summed E-state index contributed by atoms with van der Waals surface area (Å²) in [5.74, 6) is -0.369. The Labute approximate surface area is 125 Å². The van der Waals surface area contributed by atoms with Gasteiger partial charge in [0.25, 0.3) is 0 Å². The van der Waals surface area contributed by atoms with Crippen LogP contribution in [0.4, 0.5) is 4.39 Å². The second kappa shape index (κ2) is 6.51. The van der Waals surface area contributed by atoms with Gasteiger partial charge in [-0.2, -0.15) is 0 Å². The zero-order valence-electron chi connectivity index (χ0n) is 10.5. The number of hydrogen-bond acceptors (Lipinski definition) is 1. The van der Waals surface area contributed by atoms with Gasteiger partial charge in [0.2, 0.25) is 0 Å². The smallest absolute Gasteiger partial charge is 0.147 e. The Kier molecular flexibility index (Phi) is 4.97. The lowest BCUT2D eigenvalue weighted by molar-refractivity contribution is 0.534. The first-order valence-corrected chi connectivity index (χ1v) is 7.15. The van der Waals surface area contributed by atoms with Crippen molar-refractivity contribution in [3.05, 3.63) is 68.9 Å². The molecule has 0 aliphatic rings. The van der Waals surface area contributed by atoms with E-state index in [0.717, 1.165) is 5.56 Å². The van der Waals surface area contributed by atoms with Gasteiger partial charge in [0, 0.05) is 16.1 Å². The summed E-state index contributed by atoms with van der Waals surface area (Å²) in [4.78, 5) is 0. The number of benzene rings is 2. The molecule has 0 saturated heterocycles. The van der Waals surface area contributed by atoms with E-state index in [9.17, 15) is 4.39 Å². The van der Waals surface area contributed by atoms with Crippen LogP contribution in [0.25, 0.3) is 0 Å². The third-order valence-electron chi connectivity index (χ3n) is 3.07. The largest absolute Gasteiger partial charge is 0.313 e. The number of hydrogen-bond donors (Lipinski definition) is 1. The van der Waals surface area contributed by atoms with Gasteiger partial charge in [0.1, 0.15) is 5.82 Å². The first-order valence-electron chi connectivity index (χ1n) is 5.98. The van der Waals surface area contributed by atoms with Crippen molar-refractivity contribution < 1.29 is 4.39 Å². The summed E-state index contributed by atoms with van der Waals surface area (Å²) in [5.41, 5.74) is 1.74. The van der Waals surface area contributed by atoms with Crippen LogP contribution in [0.15, 0.2) is 46.9 Å². The molecule has 0 aliphatic heterocycles. The van der Waals surface area contributed by atoms with Crippen molar-refractivity contribution in [3.8, 4) is 0 Å². The average Bonchev–Trinajstić information content (AvgIpc) is 2.44. The van der Waals surface area contributed by atoms with Crippen molar-refractivity contribution in [2.45, 2.75) is 12.5 Å². The molecule has 1 unspecified atom stereocenters. The average molecular weight is 343 g/mol. The molecule has 0 radical (unpaired) electrons. The molecule has 2 aromatic carbocycles. The van der Waals surface area contributed by atoms with E-state index in [1.54, 1.807) is 12.1 Å². The van der Waals surface area contributed by atoms with E-state index < -0.39 is 0 Å². The van der Waals surface area contributed by atoms with Crippen LogP contribution in [0.2, 0.25) is 5.02 Å². The quantitative estimate of drug-likeness (QED) is 0.791. The highest BCUT2D eigenvalue weighted by Gasteiger charge is 2.18. The molecule has 1 atom stereocenters. The normalized spacial score (nSPS) is 12.4. The van der Waals surface area contributed by atoms with Crippen LogP contribution in [0, 0.1) is 5.82 Å². The van der Waals surface area contributed by atoms with Gasteiger partial charge in [-0.25, -0.2) is 4.39 Å². The predicted molar refractivity (Wildman–Crippen MR) is 81.1 cm³/mol.